The van der Waals surface area contributed by atoms with E-state index in [9.17, 15) is 4.79 Å². The highest BCUT2D eigenvalue weighted by atomic mass is 35.5. The van der Waals surface area contributed by atoms with Crippen LogP contribution in [-0.4, -0.2) is 16.2 Å². The van der Waals surface area contributed by atoms with Crippen LogP contribution in [-0.2, 0) is 4.79 Å². The quantitative estimate of drug-likeness (QED) is 0.730. The second-order valence-electron chi connectivity index (χ2n) is 3.91. The molecule has 0 radical (unpaired) electrons. The fourth-order valence-electron chi connectivity index (χ4n) is 1.42. The predicted molar refractivity (Wildman–Crippen MR) is 77.3 cm³/mol. The lowest BCUT2D eigenvalue weighted by molar-refractivity contribution is -0.110. The summed E-state index contributed by atoms with van der Waals surface area (Å²) in [7, 11) is 0. The Kier molecular flexibility index (Phi) is 6.39. The molecule has 0 aromatic heterocycles. The molecule has 0 amide bonds. The van der Waals surface area contributed by atoms with E-state index in [1.165, 1.54) is 11.8 Å². The SMILES string of the molecule is CCCSC(=O)C(Cl)C(C)c1ccc(Cl)cc1. The van der Waals surface area contributed by atoms with Crippen LogP contribution in [0.25, 0.3) is 0 Å². The normalized spacial score (nSPS) is 14.4. The van der Waals surface area contributed by atoms with E-state index in [0.717, 1.165) is 17.7 Å². The van der Waals surface area contributed by atoms with Gasteiger partial charge in [-0.1, -0.05) is 49.3 Å². The Morgan fingerprint density at radius 1 is 1.35 bits per heavy atom. The van der Waals surface area contributed by atoms with Gasteiger partial charge in [-0.05, 0) is 24.1 Å². The zero-order chi connectivity index (χ0) is 12.8. The van der Waals surface area contributed by atoms with Crippen LogP contribution in [0.4, 0.5) is 0 Å². The monoisotopic (exact) mass is 290 g/mol. The molecule has 2 atom stereocenters. The molecular formula is C13H16Cl2OS. The third kappa shape index (κ3) is 4.53. The topological polar surface area (TPSA) is 17.1 Å². The van der Waals surface area contributed by atoms with Crippen molar-refractivity contribution < 1.29 is 4.79 Å². The van der Waals surface area contributed by atoms with E-state index >= 15 is 0 Å². The van der Waals surface area contributed by atoms with Crippen LogP contribution in [0.5, 0.6) is 0 Å². The van der Waals surface area contributed by atoms with E-state index in [1.54, 1.807) is 0 Å². The summed E-state index contributed by atoms with van der Waals surface area (Å²) >= 11 is 13.3. The van der Waals surface area contributed by atoms with Gasteiger partial charge in [-0.2, -0.15) is 0 Å². The van der Waals surface area contributed by atoms with Crippen molar-refractivity contribution in [3.05, 3.63) is 34.9 Å². The zero-order valence-electron chi connectivity index (χ0n) is 9.95. The van der Waals surface area contributed by atoms with Crippen LogP contribution in [0.2, 0.25) is 5.02 Å². The molecule has 1 rings (SSSR count). The van der Waals surface area contributed by atoms with Crippen molar-refractivity contribution in [1.82, 2.24) is 0 Å². The van der Waals surface area contributed by atoms with Gasteiger partial charge in [-0.3, -0.25) is 4.79 Å². The first kappa shape index (κ1) is 14.9. The second-order valence-corrected chi connectivity index (χ2v) is 5.92. The van der Waals surface area contributed by atoms with Crippen molar-refractivity contribution in [3.8, 4) is 0 Å². The van der Waals surface area contributed by atoms with Crippen LogP contribution in [0, 0.1) is 0 Å². The molecule has 0 aliphatic rings. The van der Waals surface area contributed by atoms with Crippen LogP contribution in [0.1, 0.15) is 31.7 Å². The summed E-state index contributed by atoms with van der Waals surface area (Å²) in [6.45, 7) is 4.01. The van der Waals surface area contributed by atoms with Crippen molar-refractivity contribution in [1.29, 1.82) is 0 Å². The lowest BCUT2D eigenvalue weighted by Gasteiger charge is -2.16. The molecule has 0 aliphatic carbocycles. The van der Waals surface area contributed by atoms with Crippen molar-refractivity contribution in [2.75, 3.05) is 5.75 Å². The molecule has 1 aromatic rings. The number of thioether (sulfide) groups is 1. The van der Waals surface area contributed by atoms with Crippen molar-refractivity contribution in [2.24, 2.45) is 0 Å². The van der Waals surface area contributed by atoms with E-state index in [0.29, 0.717) is 5.02 Å². The first-order valence-electron chi connectivity index (χ1n) is 5.62. The average molecular weight is 291 g/mol. The van der Waals surface area contributed by atoms with E-state index in [1.807, 2.05) is 38.1 Å². The second kappa shape index (κ2) is 7.30. The van der Waals surface area contributed by atoms with Crippen LogP contribution < -0.4 is 0 Å². The smallest absolute Gasteiger partial charge is 0.207 e. The molecule has 0 saturated heterocycles. The fourth-order valence-corrected chi connectivity index (χ4v) is 2.65. The number of benzene rings is 1. The van der Waals surface area contributed by atoms with E-state index in [-0.39, 0.29) is 11.0 Å². The summed E-state index contributed by atoms with van der Waals surface area (Å²) in [5, 5.41) is 0.266. The maximum absolute atomic E-state index is 11.8. The third-order valence-electron chi connectivity index (χ3n) is 2.51. The number of carbonyl (C=O) groups is 1. The number of halogens is 2. The Bertz CT molecular complexity index is 364. The van der Waals surface area contributed by atoms with Gasteiger partial charge in [0.25, 0.3) is 0 Å². The number of rotatable bonds is 5. The number of hydrogen-bond acceptors (Lipinski definition) is 2. The first-order valence-corrected chi connectivity index (χ1v) is 7.42. The Balaban J connectivity index is 2.65. The molecule has 0 heterocycles. The molecule has 1 aromatic carbocycles. The molecule has 0 bridgehead atoms. The molecular weight excluding hydrogens is 275 g/mol. The summed E-state index contributed by atoms with van der Waals surface area (Å²) in [6.07, 6.45) is 0.981. The largest absolute Gasteiger partial charge is 0.286 e. The van der Waals surface area contributed by atoms with Gasteiger partial charge in [0.2, 0.25) is 5.12 Å². The third-order valence-corrected chi connectivity index (χ3v) is 4.62. The molecule has 0 saturated carbocycles. The highest BCUT2D eigenvalue weighted by molar-refractivity contribution is 8.13. The molecule has 94 valence electrons. The van der Waals surface area contributed by atoms with Gasteiger partial charge in [0.15, 0.2) is 0 Å². The maximum atomic E-state index is 11.8. The minimum atomic E-state index is -0.479. The summed E-state index contributed by atoms with van der Waals surface area (Å²) in [4.78, 5) is 11.8. The summed E-state index contributed by atoms with van der Waals surface area (Å²) in [5.74, 6) is 0.834. The highest BCUT2D eigenvalue weighted by Crippen LogP contribution is 2.28. The average Bonchev–Trinajstić information content (AvgIpc) is 2.35. The summed E-state index contributed by atoms with van der Waals surface area (Å²) in [5.41, 5.74) is 1.04. The van der Waals surface area contributed by atoms with Gasteiger partial charge < -0.3 is 0 Å². The molecule has 1 nitrogen and oxygen atoms in total. The standard InChI is InChI=1S/C13H16Cl2OS/c1-3-8-17-13(16)12(15)9(2)10-4-6-11(14)7-5-10/h4-7,9,12H,3,8H2,1-2H3. The fraction of sp³-hybridized carbons (Fsp3) is 0.462. The summed E-state index contributed by atoms with van der Waals surface area (Å²) < 4.78 is 0. The Hall–Kier alpha value is -0.180. The number of carbonyl (C=O) groups excluding carboxylic acids is 1. The Morgan fingerprint density at radius 3 is 2.47 bits per heavy atom. The molecule has 4 heteroatoms. The van der Waals surface area contributed by atoms with Crippen LogP contribution >= 0.6 is 35.0 Å². The lowest BCUT2D eigenvalue weighted by Crippen LogP contribution is -2.18. The lowest BCUT2D eigenvalue weighted by atomic mass is 9.98. The predicted octanol–water partition coefficient (Wildman–Crippen LogP) is 4.72. The minimum absolute atomic E-state index is 0.00536. The molecule has 0 N–H and O–H groups in total. The van der Waals surface area contributed by atoms with Gasteiger partial charge in [-0.15, -0.1) is 11.6 Å². The zero-order valence-corrected chi connectivity index (χ0v) is 12.3. The molecule has 0 aliphatic heterocycles. The van der Waals surface area contributed by atoms with Crippen molar-refractivity contribution in [3.63, 3.8) is 0 Å². The van der Waals surface area contributed by atoms with Gasteiger partial charge >= 0.3 is 0 Å². The van der Waals surface area contributed by atoms with Gasteiger partial charge in [0, 0.05) is 16.7 Å². The number of hydrogen-bond donors (Lipinski definition) is 0. The Labute approximate surface area is 117 Å². The van der Waals surface area contributed by atoms with Gasteiger partial charge in [0.1, 0.15) is 5.38 Å². The molecule has 17 heavy (non-hydrogen) atoms. The van der Waals surface area contributed by atoms with E-state index in [2.05, 4.69) is 0 Å². The first-order chi connectivity index (χ1) is 8.06. The van der Waals surface area contributed by atoms with Crippen molar-refractivity contribution >= 4 is 40.1 Å². The van der Waals surface area contributed by atoms with Gasteiger partial charge in [0.05, 0.1) is 0 Å². The van der Waals surface area contributed by atoms with Gasteiger partial charge in [-0.25, -0.2) is 0 Å². The summed E-state index contributed by atoms with van der Waals surface area (Å²) in [6, 6.07) is 7.47. The van der Waals surface area contributed by atoms with Crippen molar-refractivity contribution in [2.45, 2.75) is 31.6 Å². The van der Waals surface area contributed by atoms with Crippen LogP contribution in [0.15, 0.2) is 24.3 Å². The van der Waals surface area contributed by atoms with Crippen LogP contribution in [0.3, 0.4) is 0 Å². The molecule has 0 spiro atoms. The number of alkyl halides is 1. The van der Waals surface area contributed by atoms with E-state index in [4.69, 9.17) is 23.2 Å². The Morgan fingerprint density at radius 2 is 1.94 bits per heavy atom. The minimum Gasteiger partial charge on any atom is -0.286 e. The molecule has 0 fully saturated rings. The highest BCUT2D eigenvalue weighted by Gasteiger charge is 2.23. The maximum Gasteiger partial charge on any atom is 0.207 e. The van der Waals surface area contributed by atoms with E-state index < -0.39 is 5.38 Å². The molecule has 2 unspecified atom stereocenters.